The second-order valence-corrected chi connectivity index (χ2v) is 8.50. The highest BCUT2D eigenvalue weighted by Gasteiger charge is 2.12. The molecule has 0 radical (unpaired) electrons. The number of benzene rings is 2. The van der Waals surface area contributed by atoms with Crippen LogP contribution in [0.1, 0.15) is 18.5 Å². The topological polar surface area (TPSA) is 46.2 Å². The molecule has 0 fully saturated rings. The third kappa shape index (κ3) is 4.34. The fourth-order valence-electron chi connectivity index (χ4n) is 1.91. The molecule has 2 aromatic carbocycles. The summed E-state index contributed by atoms with van der Waals surface area (Å²) >= 11 is 8.40. The highest BCUT2D eigenvalue weighted by Crippen LogP contribution is 2.29. The molecule has 0 spiro atoms. The van der Waals surface area contributed by atoms with Crippen LogP contribution in [0.15, 0.2) is 47.4 Å². The van der Waals surface area contributed by atoms with Gasteiger partial charge in [-0.2, -0.15) is 0 Å². The van der Waals surface area contributed by atoms with Gasteiger partial charge in [0.1, 0.15) is 0 Å². The van der Waals surface area contributed by atoms with Crippen LogP contribution in [-0.4, -0.2) is 14.7 Å². The molecule has 2 aromatic rings. The van der Waals surface area contributed by atoms with Gasteiger partial charge in [-0.1, -0.05) is 23.7 Å². The highest BCUT2D eigenvalue weighted by atomic mass is 127. The summed E-state index contributed by atoms with van der Waals surface area (Å²) in [5.74, 6) is 0. The van der Waals surface area contributed by atoms with Crippen LogP contribution in [0.25, 0.3) is 0 Å². The second kappa shape index (κ2) is 6.54. The summed E-state index contributed by atoms with van der Waals surface area (Å²) < 4.78 is 24.4. The third-order valence-corrected chi connectivity index (χ3v) is 5.27. The maximum Gasteiger partial charge on any atom is 0.175 e. The molecule has 0 aliphatic rings. The third-order valence-electron chi connectivity index (χ3n) is 3.11. The zero-order valence-electron chi connectivity index (χ0n) is 11.6. The molecule has 0 saturated heterocycles. The molecule has 0 bridgehead atoms. The van der Waals surface area contributed by atoms with Crippen LogP contribution >= 0.6 is 34.2 Å². The van der Waals surface area contributed by atoms with Gasteiger partial charge in [0, 0.05) is 15.9 Å². The first-order valence-electron chi connectivity index (χ1n) is 6.29. The van der Waals surface area contributed by atoms with E-state index in [2.05, 4.69) is 27.9 Å². The summed E-state index contributed by atoms with van der Waals surface area (Å²) in [6, 6.07) is 12.8. The van der Waals surface area contributed by atoms with E-state index in [1.165, 1.54) is 15.9 Å². The van der Waals surface area contributed by atoms with E-state index in [0.29, 0.717) is 10.7 Å². The van der Waals surface area contributed by atoms with Gasteiger partial charge in [0.15, 0.2) is 9.84 Å². The van der Waals surface area contributed by atoms with Crippen molar-refractivity contribution in [2.75, 3.05) is 11.6 Å². The van der Waals surface area contributed by atoms with Gasteiger partial charge in [-0.25, -0.2) is 8.42 Å². The molecular weight excluding hydrogens is 421 g/mol. The van der Waals surface area contributed by atoms with Gasteiger partial charge in [-0.05, 0) is 65.4 Å². The van der Waals surface area contributed by atoms with E-state index in [0.717, 1.165) is 5.56 Å². The lowest BCUT2D eigenvalue weighted by atomic mass is 10.1. The normalized spacial score (nSPS) is 13.0. The Morgan fingerprint density at radius 3 is 2.33 bits per heavy atom. The van der Waals surface area contributed by atoms with Crippen LogP contribution in [0.5, 0.6) is 0 Å². The van der Waals surface area contributed by atoms with E-state index < -0.39 is 9.84 Å². The Bertz CT molecular complexity index is 745. The minimum absolute atomic E-state index is 0.0225. The molecule has 0 aromatic heterocycles. The summed E-state index contributed by atoms with van der Waals surface area (Å²) in [6.45, 7) is 2.01. The highest BCUT2D eigenvalue weighted by molar-refractivity contribution is 14.1. The fraction of sp³-hybridized carbons (Fsp3) is 0.200. The summed E-state index contributed by atoms with van der Waals surface area (Å²) in [7, 11) is -3.25. The number of anilines is 1. The standard InChI is InChI=1S/C15H15ClINO2S/c1-10(11-3-5-12(17)6-4-11)18-15-9-13(21(2,19)20)7-8-14(15)16/h3-10,18H,1-2H3. The Hall–Kier alpha value is -0.790. The fourth-order valence-corrected chi connectivity index (χ4v) is 3.09. The Labute approximate surface area is 143 Å². The van der Waals surface area contributed by atoms with E-state index in [9.17, 15) is 8.42 Å². The molecule has 1 unspecified atom stereocenters. The van der Waals surface area contributed by atoms with E-state index in [1.54, 1.807) is 12.1 Å². The molecule has 0 amide bonds. The van der Waals surface area contributed by atoms with Crippen molar-refractivity contribution in [3.8, 4) is 0 Å². The van der Waals surface area contributed by atoms with Gasteiger partial charge in [-0.3, -0.25) is 0 Å². The average molecular weight is 436 g/mol. The van der Waals surface area contributed by atoms with Gasteiger partial charge in [0.25, 0.3) is 0 Å². The van der Waals surface area contributed by atoms with Crippen molar-refractivity contribution in [3.63, 3.8) is 0 Å². The lowest BCUT2D eigenvalue weighted by molar-refractivity contribution is 0.602. The Balaban J connectivity index is 2.28. The number of sulfone groups is 1. The van der Waals surface area contributed by atoms with Gasteiger partial charge in [0.05, 0.1) is 15.6 Å². The molecule has 3 nitrogen and oxygen atoms in total. The molecule has 112 valence electrons. The molecule has 6 heteroatoms. The van der Waals surface area contributed by atoms with Crippen LogP contribution < -0.4 is 5.32 Å². The molecule has 0 heterocycles. The largest absolute Gasteiger partial charge is 0.377 e. The van der Waals surface area contributed by atoms with Crippen molar-refractivity contribution >= 4 is 49.7 Å². The monoisotopic (exact) mass is 435 g/mol. The molecule has 0 aliphatic carbocycles. The number of halogens is 2. The molecule has 1 N–H and O–H groups in total. The van der Waals surface area contributed by atoms with Crippen molar-refractivity contribution in [2.24, 2.45) is 0 Å². The SMILES string of the molecule is CC(Nc1cc(S(C)(=O)=O)ccc1Cl)c1ccc(I)cc1. The zero-order valence-corrected chi connectivity index (χ0v) is 15.3. The quantitative estimate of drug-likeness (QED) is 0.718. The summed E-state index contributed by atoms with van der Waals surface area (Å²) in [5, 5.41) is 3.76. The molecule has 21 heavy (non-hydrogen) atoms. The van der Waals surface area contributed by atoms with Gasteiger partial charge >= 0.3 is 0 Å². The van der Waals surface area contributed by atoms with E-state index in [1.807, 2.05) is 31.2 Å². The second-order valence-electron chi connectivity index (χ2n) is 4.83. The van der Waals surface area contributed by atoms with Crippen LogP contribution in [0.3, 0.4) is 0 Å². The smallest absolute Gasteiger partial charge is 0.175 e. The maximum absolute atomic E-state index is 11.6. The predicted octanol–water partition coefficient (Wildman–Crippen LogP) is 4.52. The lowest BCUT2D eigenvalue weighted by Gasteiger charge is -2.17. The van der Waals surface area contributed by atoms with Crippen LogP contribution in [-0.2, 0) is 9.84 Å². The van der Waals surface area contributed by atoms with Gasteiger partial charge in [-0.15, -0.1) is 0 Å². The van der Waals surface area contributed by atoms with E-state index >= 15 is 0 Å². The minimum atomic E-state index is -3.25. The van der Waals surface area contributed by atoms with E-state index in [-0.39, 0.29) is 10.9 Å². The first-order valence-corrected chi connectivity index (χ1v) is 9.64. The summed E-state index contributed by atoms with van der Waals surface area (Å²) in [5.41, 5.74) is 1.72. The van der Waals surface area contributed by atoms with Crippen LogP contribution in [0.2, 0.25) is 5.02 Å². The van der Waals surface area contributed by atoms with Crippen molar-refractivity contribution < 1.29 is 8.42 Å². The van der Waals surface area contributed by atoms with Crippen LogP contribution in [0.4, 0.5) is 5.69 Å². The maximum atomic E-state index is 11.6. The van der Waals surface area contributed by atoms with Crippen molar-refractivity contribution in [2.45, 2.75) is 17.9 Å². The number of nitrogens with one attached hydrogen (secondary N) is 1. The Morgan fingerprint density at radius 2 is 1.76 bits per heavy atom. The first-order chi connectivity index (χ1) is 9.77. The number of hydrogen-bond donors (Lipinski definition) is 1. The zero-order chi connectivity index (χ0) is 15.6. The lowest BCUT2D eigenvalue weighted by Crippen LogP contribution is -2.08. The van der Waals surface area contributed by atoms with Crippen molar-refractivity contribution in [1.29, 1.82) is 0 Å². The molecule has 2 rings (SSSR count). The molecule has 0 aliphatic heterocycles. The van der Waals surface area contributed by atoms with Crippen molar-refractivity contribution in [3.05, 3.63) is 56.6 Å². The first kappa shape index (κ1) is 16.6. The summed E-state index contributed by atoms with van der Waals surface area (Å²) in [4.78, 5) is 0.254. The minimum Gasteiger partial charge on any atom is -0.377 e. The molecular formula is C15H15ClINO2S. The number of hydrogen-bond acceptors (Lipinski definition) is 3. The number of rotatable bonds is 4. The van der Waals surface area contributed by atoms with Gasteiger partial charge < -0.3 is 5.32 Å². The predicted molar refractivity (Wildman–Crippen MR) is 95.8 cm³/mol. The molecule has 1 atom stereocenters. The van der Waals surface area contributed by atoms with Gasteiger partial charge in [0.2, 0.25) is 0 Å². The van der Waals surface area contributed by atoms with E-state index in [4.69, 9.17) is 11.6 Å². The molecule has 0 saturated carbocycles. The Kier molecular flexibility index (Phi) is 5.16. The Morgan fingerprint density at radius 1 is 1.14 bits per heavy atom. The van der Waals surface area contributed by atoms with Crippen molar-refractivity contribution in [1.82, 2.24) is 0 Å². The summed E-state index contributed by atoms with van der Waals surface area (Å²) in [6.07, 6.45) is 1.18. The average Bonchev–Trinajstić information content (AvgIpc) is 2.40. The van der Waals surface area contributed by atoms with Crippen LogP contribution in [0, 0.1) is 3.57 Å².